The third-order valence-corrected chi connectivity index (χ3v) is 2.30. The van der Waals surface area contributed by atoms with E-state index < -0.39 is 0 Å². The molecule has 0 amide bonds. The Bertz CT molecular complexity index is 245. The summed E-state index contributed by atoms with van der Waals surface area (Å²) in [7, 11) is 1.71. The quantitative estimate of drug-likeness (QED) is 0.744. The van der Waals surface area contributed by atoms with Gasteiger partial charge >= 0.3 is 0 Å². The van der Waals surface area contributed by atoms with Gasteiger partial charge in [-0.15, -0.1) is 0 Å². The second kappa shape index (κ2) is 3.95. The second-order valence-corrected chi connectivity index (χ2v) is 3.56. The zero-order valence-corrected chi connectivity index (χ0v) is 8.88. The molecule has 0 spiro atoms. The van der Waals surface area contributed by atoms with E-state index in [9.17, 15) is 0 Å². The molecule has 60 valence electrons. The molecule has 0 radical (unpaired) electrons. The maximum Gasteiger partial charge on any atom is 0.123 e. The summed E-state index contributed by atoms with van der Waals surface area (Å²) >= 11 is 2.28. The molecule has 0 saturated heterocycles. The van der Waals surface area contributed by atoms with E-state index in [0.717, 1.165) is 12.2 Å². The van der Waals surface area contributed by atoms with Crippen molar-refractivity contribution >= 4 is 22.6 Å². The van der Waals surface area contributed by atoms with Crippen molar-refractivity contribution in [3.63, 3.8) is 0 Å². The van der Waals surface area contributed by atoms with Gasteiger partial charge in [0.2, 0.25) is 0 Å². The first-order chi connectivity index (χ1) is 5.27. The average molecular weight is 262 g/mol. The van der Waals surface area contributed by atoms with E-state index in [1.54, 1.807) is 7.11 Å². The molecule has 0 heterocycles. The van der Waals surface area contributed by atoms with Gasteiger partial charge in [0.05, 0.1) is 7.11 Å². The molecule has 0 N–H and O–H groups in total. The molecule has 2 heteroatoms. The number of ether oxygens (including phenoxy) is 1. The normalized spacial score (nSPS) is 9.73. The molecule has 11 heavy (non-hydrogen) atoms. The molecular weight excluding hydrogens is 251 g/mol. The van der Waals surface area contributed by atoms with Gasteiger partial charge in [-0.3, -0.25) is 0 Å². The Balaban J connectivity index is 3.06. The zero-order chi connectivity index (χ0) is 8.27. The number of methoxy groups -OCH3 is 1. The summed E-state index contributed by atoms with van der Waals surface area (Å²) in [4.78, 5) is 0. The van der Waals surface area contributed by atoms with Gasteiger partial charge in [0.15, 0.2) is 0 Å². The lowest BCUT2D eigenvalue weighted by Crippen LogP contribution is -1.90. The number of aryl methyl sites for hydroxylation is 1. The lowest BCUT2D eigenvalue weighted by molar-refractivity contribution is 0.410. The number of benzene rings is 1. The summed E-state index contributed by atoms with van der Waals surface area (Å²) in [5.41, 5.74) is 1.27. The zero-order valence-electron chi connectivity index (χ0n) is 6.73. The fraction of sp³-hybridized carbons (Fsp3) is 0.333. The van der Waals surface area contributed by atoms with Gasteiger partial charge < -0.3 is 4.74 Å². The smallest absolute Gasteiger partial charge is 0.123 e. The van der Waals surface area contributed by atoms with Gasteiger partial charge in [0, 0.05) is 3.57 Å². The predicted molar refractivity (Wildman–Crippen MR) is 55.1 cm³/mol. The largest absolute Gasteiger partial charge is 0.496 e. The van der Waals surface area contributed by atoms with Crippen molar-refractivity contribution in [3.8, 4) is 5.75 Å². The summed E-state index contributed by atoms with van der Waals surface area (Å²) in [5, 5.41) is 0. The number of rotatable bonds is 2. The summed E-state index contributed by atoms with van der Waals surface area (Å²) in [6.45, 7) is 2.13. The highest BCUT2D eigenvalue weighted by molar-refractivity contribution is 14.1. The van der Waals surface area contributed by atoms with Gasteiger partial charge in [0.1, 0.15) is 5.75 Å². The summed E-state index contributed by atoms with van der Waals surface area (Å²) < 4.78 is 6.43. The van der Waals surface area contributed by atoms with Gasteiger partial charge in [-0.2, -0.15) is 0 Å². The highest BCUT2D eigenvalue weighted by atomic mass is 127. The third kappa shape index (κ3) is 2.09. The lowest BCUT2D eigenvalue weighted by Gasteiger charge is -2.05. The van der Waals surface area contributed by atoms with Gasteiger partial charge in [-0.25, -0.2) is 0 Å². The highest BCUT2D eigenvalue weighted by Gasteiger charge is 1.99. The molecule has 0 aliphatic heterocycles. The molecule has 0 aromatic heterocycles. The average Bonchev–Trinajstić information content (AvgIpc) is 2.04. The Morgan fingerprint density at radius 3 is 2.73 bits per heavy atom. The van der Waals surface area contributed by atoms with E-state index in [2.05, 4.69) is 47.7 Å². The molecule has 0 saturated carbocycles. The molecule has 1 aromatic carbocycles. The standard InChI is InChI=1S/C9H11IO/c1-3-7-4-5-8(10)6-9(7)11-2/h4-6H,3H2,1-2H3. The minimum Gasteiger partial charge on any atom is -0.496 e. The molecule has 0 unspecified atom stereocenters. The summed E-state index contributed by atoms with van der Waals surface area (Å²) in [6.07, 6.45) is 1.03. The molecule has 1 rings (SSSR count). The van der Waals surface area contributed by atoms with Crippen LogP contribution in [0.15, 0.2) is 18.2 Å². The topological polar surface area (TPSA) is 9.23 Å². The van der Waals surface area contributed by atoms with E-state index in [4.69, 9.17) is 4.74 Å². The molecule has 1 aromatic rings. The SMILES string of the molecule is CCc1ccc(I)cc1OC. The minimum atomic E-state index is 0.999. The second-order valence-electron chi connectivity index (χ2n) is 2.31. The Morgan fingerprint density at radius 1 is 1.45 bits per heavy atom. The molecule has 0 bridgehead atoms. The Hall–Kier alpha value is -0.250. The Morgan fingerprint density at radius 2 is 2.18 bits per heavy atom. The Labute approximate surface area is 80.9 Å². The van der Waals surface area contributed by atoms with Crippen LogP contribution >= 0.6 is 22.6 Å². The molecule has 0 atom stereocenters. The first-order valence-corrected chi connectivity index (χ1v) is 4.68. The van der Waals surface area contributed by atoms with Crippen molar-refractivity contribution in [2.45, 2.75) is 13.3 Å². The van der Waals surface area contributed by atoms with Crippen molar-refractivity contribution in [1.82, 2.24) is 0 Å². The van der Waals surface area contributed by atoms with Gasteiger partial charge in [0.25, 0.3) is 0 Å². The monoisotopic (exact) mass is 262 g/mol. The van der Waals surface area contributed by atoms with Crippen molar-refractivity contribution in [2.75, 3.05) is 7.11 Å². The van der Waals surface area contributed by atoms with Crippen LogP contribution in [-0.2, 0) is 6.42 Å². The number of hydrogen-bond acceptors (Lipinski definition) is 1. The van der Waals surface area contributed by atoms with Gasteiger partial charge in [-0.05, 0) is 46.7 Å². The van der Waals surface area contributed by atoms with Crippen LogP contribution in [0.5, 0.6) is 5.75 Å². The lowest BCUT2D eigenvalue weighted by atomic mass is 10.1. The van der Waals surface area contributed by atoms with Crippen LogP contribution in [0.25, 0.3) is 0 Å². The molecular formula is C9H11IO. The number of halogens is 1. The predicted octanol–water partition coefficient (Wildman–Crippen LogP) is 2.86. The first kappa shape index (κ1) is 8.84. The van der Waals surface area contributed by atoms with Crippen molar-refractivity contribution in [3.05, 3.63) is 27.3 Å². The minimum absolute atomic E-state index is 0.999. The molecule has 0 fully saturated rings. The van der Waals surface area contributed by atoms with Crippen LogP contribution in [0, 0.1) is 3.57 Å². The van der Waals surface area contributed by atoms with Crippen LogP contribution in [0.4, 0.5) is 0 Å². The Kier molecular flexibility index (Phi) is 3.17. The first-order valence-electron chi connectivity index (χ1n) is 3.60. The molecule has 1 nitrogen and oxygen atoms in total. The van der Waals surface area contributed by atoms with Crippen LogP contribution < -0.4 is 4.74 Å². The fourth-order valence-corrected chi connectivity index (χ4v) is 1.47. The van der Waals surface area contributed by atoms with Crippen LogP contribution in [0.2, 0.25) is 0 Å². The summed E-state index contributed by atoms with van der Waals surface area (Å²) in [6, 6.07) is 6.27. The van der Waals surface area contributed by atoms with Crippen LogP contribution in [0.3, 0.4) is 0 Å². The summed E-state index contributed by atoms with van der Waals surface area (Å²) in [5.74, 6) is 0.999. The molecule has 0 aliphatic carbocycles. The van der Waals surface area contributed by atoms with Crippen molar-refractivity contribution in [2.24, 2.45) is 0 Å². The molecule has 0 aliphatic rings. The van der Waals surface area contributed by atoms with Crippen molar-refractivity contribution < 1.29 is 4.74 Å². The number of hydrogen-bond donors (Lipinski definition) is 0. The van der Waals surface area contributed by atoms with E-state index in [1.165, 1.54) is 9.13 Å². The van der Waals surface area contributed by atoms with E-state index in [1.807, 2.05) is 0 Å². The third-order valence-electron chi connectivity index (χ3n) is 1.63. The van der Waals surface area contributed by atoms with Crippen LogP contribution in [0.1, 0.15) is 12.5 Å². The van der Waals surface area contributed by atoms with Crippen LogP contribution in [-0.4, -0.2) is 7.11 Å². The maximum absolute atomic E-state index is 5.21. The van der Waals surface area contributed by atoms with Crippen molar-refractivity contribution in [1.29, 1.82) is 0 Å². The maximum atomic E-state index is 5.21. The van der Waals surface area contributed by atoms with E-state index in [0.29, 0.717) is 0 Å². The van der Waals surface area contributed by atoms with E-state index in [-0.39, 0.29) is 0 Å². The van der Waals surface area contributed by atoms with E-state index >= 15 is 0 Å². The highest BCUT2D eigenvalue weighted by Crippen LogP contribution is 2.21. The fourth-order valence-electron chi connectivity index (χ4n) is 1.01. The van der Waals surface area contributed by atoms with Gasteiger partial charge in [-0.1, -0.05) is 13.0 Å².